The minimum Gasteiger partial charge on any atom is -0.241 e. The molecule has 2 radical (unpaired) electrons. The third-order valence-electron chi connectivity index (χ3n) is 3.14. The normalized spacial score (nSPS) is 10.6. The number of nitrogens with zero attached hydrogens (tertiary/aromatic N) is 2. The van der Waals surface area contributed by atoms with Crippen molar-refractivity contribution < 1.29 is 4.57 Å². The third kappa shape index (κ3) is 2.13. The van der Waals surface area contributed by atoms with Gasteiger partial charge in [0.05, 0.1) is 0 Å². The van der Waals surface area contributed by atoms with E-state index < -0.39 is 0 Å². The topological polar surface area (TPSA) is 8.81 Å². The van der Waals surface area contributed by atoms with E-state index in [1.807, 2.05) is 27.6 Å². The van der Waals surface area contributed by atoms with E-state index in [4.69, 9.17) is 7.85 Å². The lowest BCUT2D eigenvalue weighted by Gasteiger charge is -2.09. The standard InChI is InChI=1S/C15H18BN2/c1-5-6-17-7-8-18(15(17)16)14-12(3)9-11(2)10-13(14)4/h5,7-10H,1,6H2,2-4H3/q+1. The fourth-order valence-electron chi connectivity index (χ4n) is 2.47. The monoisotopic (exact) mass is 237 g/mol. The summed E-state index contributed by atoms with van der Waals surface area (Å²) in [5.74, 6) is 0. The van der Waals surface area contributed by atoms with Gasteiger partial charge in [-0.25, -0.2) is 9.13 Å². The Balaban J connectivity index is 2.59. The molecule has 0 aliphatic rings. The SMILES string of the molecule is [B]c1n(-c2c(C)cc(C)cc2C)cc[n+]1CC=C. The Hall–Kier alpha value is -1.77. The third-order valence-corrected chi connectivity index (χ3v) is 3.14. The molecule has 0 saturated heterocycles. The minimum absolute atomic E-state index is 0.725. The van der Waals surface area contributed by atoms with Gasteiger partial charge in [-0.1, -0.05) is 30.4 Å². The molecule has 0 spiro atoms. The fraction of sp³-hybridized carbons (Fsp3) is 0.267. The molecule has 0 aliphatic heterocycles. The molecule has 1 aromatic heterocycles. The molecule has 90 valence electrons. The molecular weight excluding hydrogens is 219 g/mol. The number of hydrogen-bond donors (Lipinski definition) is 0. The van der Waals surface area contributed by atoms with Gasteiger partial charge < -0.3 is 0 Å². The lowest BCUT2D eigenvalue weighted by atomic mass is 10.0. The summed E-state index contributed by atoms with van der Waals surface area (Å²) in [7, 11) is 6.18. The fourth-order valence-corrected chi connectivity index (χ4v) is 2.47. The van der Waals surface area contributed by atoms with Gasteiger partial charge in [0.25, 0.3) is 0 Å². The number of imidazole rings is 1. The van der Waals surface area contributed by atoms with Gasteiger partial charge in [0.15, 0.2) is 5.72 Å². The van der Waals surface area contributed by atoms with Gasteiger partial charge in [-0.3, -0.25) is 0 Å². The second-order valence-corrected chi connectivity index (χ2v) is 4.71. The van der Waals surface area contributed by atoms with E-state index in [1.165, 1.54) is 22.4 Å². The van der Waals surface area contributed by atoms with E-state index in [0.29, 0.717) is 0 Å². The molecule has 2 nitrogen and oxygen atoms in total. The first-order valence-corrected chi connectivity index (χ1v) is 6.10. The van der Waals surface area contributed by atoms with Gasteiger partial charge in [0, 0.05) is 0 Å². The largest absolute Gasteiger partial charge is 0.241 e. The van der Waals surface area contributed by atoms with E-state index >= 15 is 0 Å². The summed E-state index contributed by atoms with van der Waals surface area (Å²) >= 11 is 0. The van der Waals surface area contributed by atoms with Gasteiger partial charge in [0.1, 0.15) is 24.6 Å². The van der Waals surface area contributed by atoms with Gasteiger partial charge in [0.2, 0.25) is 7.85 Å². The Morgan fingerprint density at radius 1 is 1.28 bits per heavy atom. The van der Waals surface area contributed by atoms with Crippen LogP contribution >= 0.6 is 0 Å². The molecule has 1 aromatic carbocycles. The average Bonchev–Trinajstić information content (AvgIpc) is 2.61. The van der Waals surface area contributed by atoms with Gasteiger partial charge in [-0.15, -0.1) is 0 Å². The van der Waals surface area contributed by atoms with Crippen LogP contribution in [0.25, 0.3) is 5.69 Å². The molecule has 0 N–H and O–H groups in total. The molecule has 3 heteroatoms. The van der Waals surface area contributed by atoms with E-state index in [-0.39, 0.29) is 0 Å². The molecular formula is C15H18BN2+. The molecule has 18 heavy (non-hydrogen) atoms. The number of rotatable bonds is 3. The van der Waals surface area contributed by atoms with Crippen LogP contribution in [0.2, 0.25) is 0 Å². The maximum Gasteiger partial charge on any atom is 0.239 e. The average molecular weight is 237 g/mol. The number of hydrogen-bond acceptors (Lipinski definition) is 0. The molecule has 2 aromatic rings. The lowest BCUT2D eigenvalue weighted by molar-refractivity contribution is -0.668. The van der Waals surface area contributed by atoms with Crippen molar-refractivity contribution >= 4 is 13.6 Å². The highest BCUT2D eigenvalue weighted by Crippen LogP contribution is 2.19. The van der Waals surface area contributed by atoms with Crippen LogP contribution in [0.3, 0.4) is 0 Å². The highest BCUT2D eigenvalue weighted by atomic mass is 15.1. The first kappa shape index (κ1) is 12.7. The quantitative estimate of drug-likeness (QED) is 0.436. The first-order chi connectivity index (χ1) is 8.54. The summed E-state index contributed by atoms with van der Waals surface area (Å²) in [4.78, 5) is 0. The van der Waals surface area contributed by atoms with Crippen LogP contribution in [-0.2, 0) is 6.54 Å². The van der Waals surface area contributed by atoms with Gasteiger partial charge >= 0.3 is 0 Å². The predicted molar refractivity (Wildman–Crippen MR) is 75.8 cm³/mol. The molecule has 1 heterocycles. The zero-order valence-corrected chi connectivity index (χ0v) is 11.3. The van der Waals surface area contributed by atoms with E-state index in [0.717, 1.165) is 12.3 Å². The Morgan fingerprint density at radius 2 is 1.89 bits per heavy atom. The highest BCUT2D eigenvalue weighted by molar-refractivity contribution is 6.28. The molecule has 0 atom stereocenters. The van der Waals surface area contributed by atoms with Crippen LogP contribution in [0.1, 0.15) is 16.7 Å². The smallest absolute Gasteiger partial charge is 0.239 e. The van der Waals surface area contributed by atoms with E-state index in [9.17, 15) is 0 Å². The zero-order chi connectivity index (χ0) is 13.3. The Bertz CT molecular complexity index is 574. The summed E-state index contributed by atoms with van der Waals surface area (Å²) in [5, 5.41) is 0. The Labute approximate surface area is 110 Å². The first-order valence-electron chi connectivity index (χ1n) is 6.10. The minimum atomic E-state index is 0.725. The second kappa shape index (κ2) is 4.85. The van der Waals surface area contributed by atoms with Crippen LogP contribution < -0.4 is 10.3 Å². The van der Waals surface area contributed by atoms with Gasteiger partial charge in [-0.05, 0) is 31.9 Å². The van der Waals surface area contributed by atoms with Crippen molar-refractivity contribution in [2.75, 3.05) is 0 Å². The van der Waals surface area contributed by atoms with Crippen molar-refractivity contribution in [3.63, 3.8) is 0 Å². The summed E-state index contributed by atoms with van der Waals surface area (Å²) in [5.41, 5.74) is 5.64. The summed E-state index contributed by atoms with van der Waals surface area (Å²) in [6, 6.07) is 4.36. The second-order valence-electron chi connectivity index (χ2n) is 4.71. The Morgan fingerprint density at radius 3 is 2.44 bits per heavy atom. The van der Waals surface area contributed by atoms with Crippen LogP contribution in [-0.4, -0.2) is 12.4 Å². The van der Waals surface area contributed by atoms with Crippen LogP contribution in [0.5, 0.6) is 0 Å². The molecule has 0 amide bonds. The zero-order valence-electron chi connectivity index (χ0n) is 11.3. The molecule has 2 rings (SSSR count). The maximum absolute atomic E-state index is 6.18. The van der Waals surface area contributed by atoms with E-state index in [2.05, 4.69) is 39.5 Å². The summed E-state index contributed by atoms with van der Waals surface area (Å²) in [6.07, 6.45) is 5.83. The molecule has 0 fully saturated rings. The number of allylic oxidation sites excluding steroid dienone is 1. The van der Waals surface area contributed by atoms with E-state index in [1.54, 1.807) is 0 Å². The molecule has 0 saturated carbocycles. The van der Waals surface area contributed by atoms with Crippen molar-refractivity contribution in [2.45, 2.75) is 27.3 Å². The molecule has 0 bridgehead atoms. The maximum atomic E-state index is 6.18. The highest BCUT2D eigenvalue weighted by Gasteiger charge is 2.16. The summed E-state index contributed by atoms with van der Waals surface area (Å²) in [6.45, 7) is 10.8. The Kier molecular flexibility index (Phi) is 3.42. The van der Waals surface area contributed by atoms with Crippen LogP contribution in [0.15, 0.2) is 37.2 Å². The molecule has 0 aliphatic carbocycles. The van der Waals surface area contributed by atoms with Crippen LogP contribution in [0.4, 0.5) is 0 Å². The van der Waals surface area contributed by atoms with Crippen molar-refractivity contribution in [3.05, 3.63) is 53.9 Å². The van der Waals surface area contributed by atoms with Crippen molar-refractivity contribution in [1.29, 1.82) is 0 Å². The van der Waals surface area contributed by atoms with Gasteiger partial charge in [-0.2, -0.15) is 0 Å². The number of benzene rings is 1. The summed E-state index contributed by atoms with van der Waals surface area (Å²) < 4.78 is 4.01. The van der Waals surface area contributed by atoms with Crippen molar-refractivity contribution in [1.82, 2.24) is 4.57 Å². The predicted octanol–water partition coefficient (Wildman–Crippen LogP) is 1.67. The number of aromatic nitrogens is 2. The van der Waals surface area contributed by atoms with Crippen molar-refractivity contribution in [2.24, 2.45) is 0 Å². The van der Waals surface area contributed by atoms with Crippen molar-refractivity contribution in [3.8, 4) is 5.69 Å². The lowest BCUT2D eigenvalue weighted by Crippen LogP contribution is -2.49. The molecule has 0 unspecified atom stereocenters. The van der Waals surface area contributed by atoms with Crippen LogP contribution in [0, 0.1) is 20.8 Å². The number of aryl methyl sites for hydroxylation is 3.